The van der Waals surface area contributed by atoms with Crippen LogP contribution in [0.3, 0.4) is 0 Å². The largest absolute Gasteiger partial charge is 0.469 e. The first kappa shape index (κ1) is 17.6. The average molecular weight is 314 g/mol. The van der Waals surface area contributed by atoms with Gasteiger partial charge in [-0.1, -0.05) is 19.1 Å². The molecule has 0 radical (unpaired) electrons. The van der Waals surface area contributed by atoms with Gasteiger partial charge in [-0.25, -0.2) is 13.1 Å². The number of sulfonamides is 1. The molecule has 1 unspecified atom stereocenters. The highest BCUT2D eigenvalue weighted by molar-refractivity contribution is 7.89. The summed E-state index contributed by atoms with van der Waals surface area (Å²) < 4.78 is 30.9. The van der Waals surface area contributed by atoms with E-state index in [9.17, 15) is 13.2 Å². The van der Waals surface area contributed by atoms with Crippen molar-refractivity contribution in [3.8, 4) is 0 Å². The molecule has 0 amide bonds. The van der Waals surface area contributed by atoms with Gasteiger partial charge >= 0.3 is 5.97 Å². The molecular weight excluding hydrogens is 292 g/mol. The summed E-state index contributed by atoms with van der Waals surface area (Å²) in [7, 11) is -2.33. The molecule has 0 aromatic heterocycles. The van der Waals surface area contributed by atoms with Crippen LogP contribution in [-0.4, -0.2) is 34.6 Å². The molecule has 1 atom stereocenters. The van der Waals surface area contributed by atoms with Gasteiger partial charge in [-0.05, 0) is 31.2 Å². The van der Waals surface area contributed by atoms with E-state index >= 15 is 0 Å². The molecule has 0 aliphatic heterocycles. The van der Waals surface area contributed by atoms with Crippen LogP contribution in [0.1, 0.15) is 31.9 Å². The Morgan fingerprint density at radius 3 is 2.43 bits per heavy atom. The zero-order valence-corrected chi connectivity index (χ0v) is 13.4. The van der Waals surface area contributed by atoms with E-state index in [1.165, 1.54) is 7.11 Å². The molecule has 0 saturated heterocycles. The van der Waals surface area contributed by atoms with E-state index in [1.807, 2.05) is 13.8 Å². The first-order chi connectivity index (χ1) is 9.90. The lowest BCUT2D eigenvalue weighted by Crippen LogP contribution is -2.26. The Morgan fingerprint density at radius 2 is 1.90 bits per heavy atom. The van der Waals surface area contributed by atoms with E-state index in [-0.39, 0.29) is 23.9 Å². The Hall–Kier alpha value is -1.44. The van der Waals surface area contributed by atoms with Crippen LogP contribution in [-0.2, 0) is 19.6 Å². The van der Waals surface area contributed by atoms with Crippen molar-refractivity contribution in [3.05, 3.63) is 29.8 Å². The van der Waals surface area contributed by atoms with Crippen LogP contribution in [0.2, 0.25) is 0 Å². The van der Waals surface area contributed by atoms with Crippen LogP contribution in [0.4, 0.5) is 0 Å². The molecule has 21 heavy (non-hydrogen) atoms. The number of esters is 1. The fourth-order valence-corrected chi connectivity index (χ4v) is 2.86. The van der Waals surface area contributed by atoms with Crippen LogP contribution >= 0.6 is 0 Å². The van der Waals surface area contributed by atoms with Gasteiger partial charge in [0.25, 0.3) is 0 Å². The van der Waals surface area contributed by atoms with Gasteiger partial charge < -0.3 is 10.1 Å². The second-order valence-corrected chi connectivity index (χ2v) is 6.34. The van der Waals surface area contributed by atoms with E-state index in [0.29, 0.717) is 0 Å². The second kappa shape index (κ2) is 8.11. The van der Waals surface area contributed by atoms with Crippen molar-refractivity contribution in [3.63, 3.8) is 0 Å². The first-order valence-corrected chi connectivity index (χ1v) is 8.29. The third-order valence-corrected chi connectivity index (χ3v) is 4.53. The molecule has 0 bridgehead atoms. The predicted molar refractivity (Wildman–Crippen MR) is 80.4 cm³/mol. The first-order valence-electron chi connectivity index (χ1n) is 6.80. The summed E-state index contributed by atoms with van der Waals surface area (Å²) >= 11 is 0. The maximum atomic E-state index is 12.0. The molecule has 0 saturated carbocycles. The van der Waals surface area contributed by atoms with Crippen molar-refractivity contribution >= 4 is 16.0 Å². The van der Waals surface area contributed by atoms with Crippen LogP contribution < -0.4 is 10.0 Å². The minimum atomic E-state index is -3.60. The molecule has 0 fully saturated rings. The number of hydrogen-bond acceptors (Lipinski definition) is 5. The van der Waals surface area contributed by atoms with Crippen LogP contribution in [0, 0.1) is 0 Å². The Bertz CT molecular complexity index is 555. The smallest absolute Gasteiger partial charge is 0.306 e. The second-order valence-electron chi connectivity index (χ2n) is 4.57. The summed E-state index contributed by atoms with van der Waals surface area (Å²) in [6, 6.07) is 6.84. The Labute approximate surface area is 125 Å². The lowest BCUT2D eigenvalue weighted by atomic mass is 10.1. The zero-order valence-electron chi connectivity index (χ0n) is 12.5. The topological polar surface area (TPSA) is 84.5 Å². The highest BCUT2D eigenvalue weighted by Gasteiger charge is 2.14. The molecule has 118 valence electrons. The van der Waals surface area contributed by atoms with Crippen molar-refractivity contribution in [2.45, 2.75) is 31.2 Å². The number of hydrogen-bond donors (Lipinski definition) is 2. The Kier molecular flexibility index (Phi) is 6.80. The quantitative estimate of drug-likeness (QED) is 0.704. The van der Waals surface area contributed by atoms with Gasteiger partial charge in [-0.2, -0.15) is 0 Å². The van der Waals surface area contributed by atoms with E-state index in [0.717, 1.165) is 12.1 Å². The highest BCUT2D eigenvalue weighted by Crippen LogP contribution is 2.16. The van der Waals surface area contributed by atoms with Crippen molar-refractivity contribution < 1.29 is 17.9 Å². The van der Waals surface area contributed by atoms with E-state index in [4.69, 9.17) is 0 Å². The van der Waals surface area contributed by atoms with Gasteiger partial charge in [0.15, 0.2) is 0 Å². The van der Waals surface area contributed by atoms with Crippen molar-refractivity contribution in [2.75, 3.05) is 20.2 Å². The van der Waals surface area contributed by atoms with Gasteiger partial charge in [-0.15, -0.1) is 0 Å². The molecule has 0 aliphatic rings. The number of methoxy groups -OCH3 is 1. The normalized spacial score (nSPS) is 12.9. The number of carbonyl (C=O) groups excluding carboxylic acids is 1. The predicted octanol–water partition coefficient (Wildman–Crippen LogP) is 1.20. The summed E-state index contributed by atoms with van der Waals surface area (Å²) in [5, 5.41) is 3.26. The average Bonchev–Trinajstić information content (AvgIpc) is 2.47. The molecule has 2 N–H and O–H groups in total. The fourth-order valence-electron chi connectivity index (χ4n) is 1.83. The number of carbonyl (C=O) groups is 1. The zero-order chi connectivity index (χ0) is 15.9. The van der Waals surface area contributed by atoms with Crippen molar-refractivity contribution in [1.29, 1.82) is 0 Å². The molecule has 1 aromatic carbocycles. The molecule has 7 heteroatoms. The number of ether oxygens (including phenoxy) is 1. The molecule has 1 aromatic rings. The van der Waals surface area contributed by atoms with Crippen LogP contribution in [0.5, 0.6) is 0 Å². The summed E-state index contributed by atoms with van der Waals surface area (Å²) in [5.74, 6) is -0.451. The number of benzene rings is 1. The fraction of sp³-hybridized carbons (Fsp3) is 0.500. The maximum Gasteiger partial charge on any atom is 0.306 e. The van der Waals surface area contributed by atoms with E-state index in [2.05, 4.69) is 14.8 Å². The summed E-state index contributed by atoms with van der Waals surface area (Å²) in [4.78, 5) is 11.1. The summed E-state index contributed by atoms with van der Waals surface area (Å²) in [6.45, 7) is 4.89. The summed E-state index contributed by atoms with van der Waals surface area (Å²) in [6.07, 6.45) is 0.00523. The summed E-state index contributed by atoms with van der Waals surface area (Å²) in [5.41, 5.74) is 1.02. The van der Waals surface area contributed by atoms with Crippen LogP contribution in [0.15, 0.2) is 29.2 Å². The Morgan fingerprint density at radius 1 is 1.29 bits per heavy atom. The van der Waals surface area contributed by atoms with Crippen molar-refractivity contribution in [2.24, 2.45) is 0 Å². The van der Waals surface area contributed by atoms with E-state index < -0.39 is 16.0 Å². The monoisotopic (exact) mass is 314 g/mol. The molecule has 1 rings (SSSR count). The number of rotatable bonds is 8. The lowest BCUT2D eigenvalue weighted by Gasteiger charge is -2.13. The van der Waals surface area contributed by atoms with Gasteiger partial charge in [0.2, 0.25) is 10.0 Å². The minimum absolute atomic E-state index is 0.00523. The SMILES string of the molecule is CCNC(C)c1ccc(S(=O)(=O)NCCC(=O)OC)cc1. The third kappa shape index (κ3) is 5.45. The third-order valence-electron chi connectivity index (χ3n) is 3.05. The van der Waals surface area contributed by atoms with Crippen LogP contribution in [0.25, 0.3) is 0 Å². The van der Waals surface area contributed by atoms with Gasteiger partial charge in [-0.3, -0.25) is 4.79 Å². The van der Waals surface area contributed by atoms with Gasteiger partial charge in [0.05, 0.1) is 18.4 Å². The van der Waals surface area contributed by atoms with Gasteiger partial charge in [0, 0.05) is 12.6 Å². The molecule has 6 nitrogen and oxygen atoms in total. The van der Waals surface area contributed by atoms with Crippen molar-refractivity contribution in [1.82, 2.24) is 10.0 Å². The molecular formula is C14H22N2O4S. The lowest BCUT2D eigenvalue weighted by molar-refractivity contribution is -0.140. The van der Waals surface area contributed by atoms with Gasteiger partial charge in [0.1, 0.15) is 0 Å². The standard InChI is InChI=1S/C14H22N2O4S/c1-4-15-11(2)12-5-7-13(8-6-12)21(18,19)16-10-9-14(17)20-3/h5-8,11,15-16H,4,9-10H2,1-3H3. The Balaban J connectivity index is 2.69. The van der Waals surface area contributed by atoms with E-state index in [1.54, 1.807) is 24.3 Å². The number of nitrogens with one attached hydrogen (secondary N) is 2. The highest BCUT2D eigenvalue weighted by atomic mass is 32.2. The minimum Gasteiger partial charge on any atom is -0.469 e. The maximum absolute atomic E-state index is 12.0. The molecule has 0 heterocycles. The molecule has 0 spiro atoms. The molecule has 0 aliphatic carbocycles.